The molecule has 0 aromatic rings. The van der Waals surface area contributed by atoms with Crippen LogP contribution in [0.3, 0.4) is 0 Å². The summed E-state index contributed by atoms with van der Waals surface area (Å²) in [5.41, 5.74) is 0. The van der Waals surface area contributed by atoms with Crippen LogP contribution >= 0.6 is 0 Å². The maximum absolute atomic E-state index is 8.59. The van der Waals surface area contributed by atoms with Crippen LogP contribution < -0.4 is 5.32 Å². The second kappa shape index (κ2) is 4.32. The third-order valence-corrected chi connectivity index (χ3v) is 1.89. The van der Waals surface area contributed by atoms with Crippen LogP contribution in [0.5, 0.6) is 0 Å². The van der Waals surface area contributed by atoms with Crippen molar-refractivity contribution >= 4 is 0 Å². The second-order valence-electron chi connectivity index (χ2n) is 2.78. The van der Waals surface area contributed by atoms with Crippen LogP contribution in [0, 0.1) is 11.3 Å². The zero-order valence-electron chi connectivity index (χ0n) is 6.84. The molecule has 0 saturated carbocycles. The summed E-state index contributed by atoms with van der Waals surface area (Å²) in [6.45, 7) is 3.89. The molecule has 1 fully saturated rings. The Kier molecular flexibility index (Phi) is 3.34. The summed E-state index contributed by atoms with van der Waals surface area (Å²) in [7, 11) is 0. The van der Waals surface area contributed by atoms with Gasteiger partial charge in [-0.25, -0.2) is 0 Å². The lowest BCUT2D eigenvalue weighted by Gasteiger charge is -2.13. The predicted molar refractivity (Wildman–Crippen MR) is 42.1 cm³/mol. The van der Waals surface area contributed by atoms with E-state index in [4.69, 9.17) is 10.00 Å². The van der Waals surface area contributed by atoms with Crippen LogP contribution in [0.25, 0.3) is 0 Å². The lowest BCUT2D eigenvalue weighted by Crippen LogP contribution is -2.22. The molecule has 1 N–H and O–H groups in total. The fraction of sp³-hybridized carbons (Fsp3) is 0.875. The molecule has 0 aromatic heterocycles. The lowest BCUT2D eigenvalue weighted by atomic mass is 10.2. The Morgan fingerprint density at radius 3 is 3.09 bits per heavy atom. The summed E-state index contributed by atoms with van der Waals surface area (Å²) in [6, 6.07) is 2.13. The Balaban J connectivity index is 2.23. The average Bonchev–Trinajstić information content (AvgIpc) is 2.52. The summed E-state index contributed by atoms with van der Waals surface area (Å²) in [4.78, 5) is 0. The zero-order valence-corrected chi connectivity index (χ0v) is 6.84. The molecule has 0 aromatic carbocycles. The van der Waals surface area contributed by atoms with Crippen molar-refractivity contribution in [1.29, 1.82) is 5.26 Å². The molecule has 11 heavy (non-hydrogen) atoms. The van der Waals surface area contributed by atoms with E-state index in [0.29, 0.717) is 0 Å². The van der Waals surface area contributed by atoms with Crippen molar-refractivity contribution in [3.8, 4) is 6.07 Å². The Morgan fingerprint density at radius 1 is 1.82 bits per heavy atom. The van der Waals surface area contributed by atoms with Gasteiger partial charge in [-0.1, -0.05) is 6.92 Å². The molecule has 2 unspecified atom stereocenters. The SMILES string of the molecule is CCC(C#N)OC1CCNC1. The fourth-order valence-electron chi connectivity index (χ4n) is 1.19. The molecule has 1 saturated heterocycles. The number of hydrogen-bond acceptors (Lipinski definition) is 3. The minimum absolute atomic E-state index is 0.208. The largest absolute Gasteiger partial charge is 0.359 e. The van der Waals surface area contributed by atoms with Crippen molar-refractivity contribution in [1.82, 2.24) is 5.32 Å². The summed E-state index contributed by atoms with van der Waals surface area (Å²) < 4.78 is 5.49. The summed E-state index contributed by atoms with van der Waals surface area (Å²) in [5.74, 6) is 0. The quantitative estimate of drug-likeness (QED) is 0.649. The molecule has 2 atom stereocenters. The molecule has 1 heterocycles. The number of hydrogen-bond donors (Lipinski definition) is 1. The standard InChI is InChI=1S/C8H14N2O/c1-2-7(5-9)11-8-3-4-10-6-8/h7-8,10H,2-4,6H2,1H3. The van der Waals surface area contributed by atoms with Gasteiger partial charge in [0.25, 0.3) is 0 Å². The molecule has 0 spiro atoms. The summed E-state index contributed by atoms with van der Waals surface area (Å²) in [6.07, 6.45) is 1.88. The molecule has 0 amide bonds. The highest BCUT2D eigenvalue weighted by Crippen LogP contribution is 2.07. The highest BCUT2D eigenvalue weighted by atomic mass is 16.5. The Bertz CT molecular complexity index is 147. The molecule has 3 nitrogen and oxygen atoms in total. The van der Waals surface area contributed by atoms with E-state index in [9.17, 15) is 0 Å². The predicted octanol–water partition coefficient (Wildman–Crippen LogP) is 0.667. The number of nitriles is 1. The molecular formula is C8H14N2O. The summed E-state index contributed by atoms with van der Waals surface area (Å²) >= 11 is 0. The molecule has 3 heteroatoms. The van der Waals surface area contributed by atoms with Crippen LogP contribution in [-0.4, -0.2) is 25.3 Å². The number of ether oxygens (including phenoxy) is 1. The van der Waals surface area contributed by atoms with Crippen LogP contribution in [0.2, 0.25) is 0 Å². The van der Waals surface area contributed by atoms with Gasteiger partial charge in [0.2, 0.25) is 0 Å². The summed E-state index contributed by atoms with van der Waals surface area (Å²) in [5, 5.41) is 11.8. The molecule has 1 aliphatic rings. The van der Waals surface area contributed by atoms with Gasteiger partial charge in [-0.05, 0) is 19.4 Å². The topological polar surface area (TPSA) is 45.0 Å². The van der Waals surface area contributed by atoms with E-state index < -0.39 is 0 Å². The van der Waals surface area contributed by atoms with E-state index in [2.05, 4.69) is 11.4 Å². The first-order valence-corrected chi connectivity index (χ1v) is 4.12. The zero-order chi connectivity index (χ0) is 8.10. The van der Waals surface area contributed by atoms with E-state index in [0.717, 1.165) is 25.9 Å². The molecular weight excluding hydrogens is 140 g/mol. The van der Waals surface area contributed by atoms with Crippen molar-refractivity contribution < 1.29 is 4.74 Å². The maximum atomic E-state index is 8.59. The minimum Gasteiger partial charge on any atom is -0.359 e. The molecule has 0 bridgehead atoms. The van der Waals surface area contributed by atoms with E-state index >= 15 is 0 Å². The number of nitrogens with zero attached hydrogens (tertiary/aromatic N) is 1. The van der Waals surface area contributed by atoms with Crippen LogP contribution in [-0.2, 0) is 4.74 Å². The van der Waals surface area contributed by atoms with Crippen molar-refractivity contribution in [2.45, 2.75) is 32.0 Å². The highest BCUT2D eigenvalue weighted by Gasteiger charge is 2.18. The molecule has 62 valence electrons. The minimum atomic E-state index is -0.208. The van der Waals surface area contributed by atoms with Crippen molar-refractivity contribution in [2.75, 3.05) is 13.1 Å². The number of nitrogens with one attached hydrogen (secondary N) is 1. The first kappa shape index (κ1) is 8.51. The molecule has 1 aliphatic heterocycles. The van der Waals surface area contributed by atoms with Gasteiger partial charge in [0.1, 0.15) is 6.10 Å². The van der Waals surface area contributed by atoms with Gasteiger partial charge in [-0.3, -0.25) is 0 Å². The van der Waals surface area contributed by atoms with Gasteiger partial charge >= 0.3 is 0 Å². The molecule has 0 radical (unpaired) electrons. The van der Waals surface area contributed by atoms with Gasteiger partial charge < -0.3 is 10.1 Å². The van der Waals surface area contributed by atoms with Crippen molar-refractivity contribution in [2.24, 2.45) is 0 Å². The molecule has 1 rings (SSSR count). The third kappa shape index (κ3) is 2.49. The maximum Gasteiger partial charge on any atom is 0.144 e. The normalized spacial score (nSPS) is 26.4. The number of rotatable bonds is 3. The van der Waals surface area contributed by atoms with Crippen LogP contribution in [0.15, 0.2) is 0 Å². The Hall–Kier alpha value is -0.590. The van der Waals surface area contributed by atoms with E-state index in [1.54, 1.807) is 0 Å². The Labute approximate surface area is 67.3 Å². The third-order valence-electron chi connectivity index (χ3n) is 1.89. The van der Waals surface area contributed by atoms with Gasteiger partial charge in [0, 0.05) is 6.54 Å². The van der Waals surface area contributed by atoms with Crippen molar-refractivity contribution in [3.05, 3.63) is 0 Å². The van der Waals surface area contributed by atoms with Crippen LogP contribution in [0.1, 0.15) is 19.8 Å². The lowest BCUT2D eigenvalue weighted by molar-refractivity contribution is 0.0279. The van der Waals surface area contributed by atoms with E-state index in [-0.39, 0.29) is 12.2 Å². The molecule has 0 aliphatic carbocycles. The van der Waals surface area contributed by atoms with Gasteiger partial charge in [0.15, 0.2) is 0 Å². The van der Waals surface area contributed by atoms with Crippen LogP contribution in [0.4, 0.5) is 0 Å². The average molecular weight is 154 g/mol. The Morgan fingerprint density at radius 2 is 2.64 bits per heavy atom. The second-order valence-corrected chi connectivity index (χ2v) is 2.78. The van der Waals surface area contributed by atoms with Gasteiger partial charge in [-0.15, -0.1) is 0 Å². The fourth-order valence-corrected chi connectivity index (χ4v) is 1.19. The van der Waals surface area contributed by atoms with Crippen molar-refractivity contribution in [3.63, 3.8) is 0 Å². The van der Waals surface area contributed by atoms with Gasteiger partial charge in [0.05, 0.1) is 12.2 Å². The van der Waals surface area contributed by atoms with E-state index in [1.807, 2.05) is 6.92 Å². The van der Waals surface area contributed by atoms with E-state index in [1.165, 1.54) is 0 Å². The first-order chi connectivity index (χ1) is 5.36. The first-order valence-electron chi connectivity index (χ1n) is 4.12. The highest BCUT2D eigenvalue weighted by molar-refractivity contribution is 4.85. The monoisotopic (exact) mass is 154 g/mol. The van der Waals surface area contributed by atoms with Gasteiger partial charge in [-0.2, -0.15) is 5.26 Å². The smallest absolute Gasteiger partial charge is 0.144 e.